The first-order chi connectivity index (χ1) is 9.51. The Morgan fingerprint density at radius 3 is 2.20 bits per heavy atom. The molecular weight excluding hydrogens is 261 g/mol. The van der Waals surface area contributed by atoms with Crippen LogP contribution in [0.5, 0.6) is 0 Å². The molecule has 1 aromatic rings. The first-order valence-electron chi connectivity index (χ1n) is 6.72. The zero-order chi connectivity index (χ0) is 15.1. The van der Waals surface area contributed by atoms with Crippen molar-refractivity contribution in [1.29, 1.82) is 0 Å². The molecule has 0 amide bonds. The number of ether oxygens (including phenoxy) is 2. The van der Waals surface area contributed by atoms with E-state index in [2.05, 4.69) is 0 Å². The molecule has 0 bridgehead atoms. The van der Waals surface area contributed by atoms with Gasteiger partial charge in [-0.3, -0.25) is 0 Å². The molecule has 0 aromatic heterocycles. The summed E-state index contributed by atoms with van der Waals surface area (Å²) in [6.45, 7) is 5.78. The summed E-state index contributed by atoms with van der Waals surface area (Å²) in [5, 5.41) is 9.86. The molecule has 1 N–H and O–H groups in total. The van der Waals surface area contributed by atoms with Gasteiger partial charge in [0, 0.05) is 38.6 Å². The van der Waals surface area contributed by atoms with E-state index in [4.69, 9.17) is 9.47 Å². The van der Waals surface area contributed by atoms with Crippen LogP contribution in [0.25, 0.3) is 0 Å². The number of aliphatic hydroxyl groups excluding tert-OH is 1. The molecule has 114 valence electrons. The lowest BCUT2D eigenvalue weighted by Crippen LogP contribution is -2.31. The Morgan fingerprint density at radius 1 is 1.20 bits per heavy atom. The second-order valence-corrected chi connectivity index (χ2v) is 4.81. The van der Waals surface area contributed by atoms with Crippen molar-refractivity contribution in [3.63, 3.8) is 0 Å². The highest BCUT2D eigenvalue weighted by atomic mass is 19.1. The summed E-state index contributed by atoms with van der Waals surface area (Å²) in [5.41, 5.74) is 1.97. The van der Waals surface area contributed by atoms with Crippen molar-refractivity contribution in [1.82, 2.24) is 0 Å². The minimum atomic E-state index is -0.729. The maximum absolute atomic E-state index is 13.7. The number of methoxy groups -OCH3 is 2. The molecule has 20 heavy (non-hydrogen) atoms. The topological polar surface area (TPSA) is 41.9 Å². The number of benzene rings is 1. The van der Waals surface area contributed by atoms with E-state index in [0.29, 0.717) is 37.4 Å². The van der Waals surface area contributed by atoms with Gasteiger partial charge in [-0.25, -0.2) is 4.39 Å². The molecule has 5 heteroatoms. The zero-order valence-electron chi connectivity index (χ0n) is 12.6. The SMILES string of the molecule is COCCN(CCOC)c1cc(C)c(F)cc1C(C)O. The Morgan fingerprint density at radius 2 is 1.75 bits per heavy atom. The van der Waals surface area contributed by atoms with Gasteiger partial charge in [0.15, 0.2) is 0 Å². The van der Waals surface area contributed by atoms with Crippen LogP contribution in [0.1, 0.15) is 24.2 Å². The molecule has 1 aromatic carbocycles. The molecule has 0 spiro atoms. The van der Waals surface area contributed by atoms with Gasteiger partial charge in [-0.2, -0.15) is 0 Å². The van der Waals surface area contributed by atoms with Gasteiger partial charge >= 0.3 is 0 Å². The third-order valence-electron chi connectivity index (χ3n) is 3.23. The lowest BCUT2D eigenvalue weighted by atomic mass is 10.0. The quantitative estimate of drug-likeness (QED) is 0.796. The van der Waals surface area contributed by atoms with Crippen molar-refractivity contribution in [3.8, 4) is 0 Å². The van der Waals surface area contributed by atoms with Crippen LogP contribution in [0.4, 0.5) is 10.1 Å². The van der Waals surface area contributed by atoms with Crippen LogP contribution >= 0.6 is 0 Å². The molecule has 0 aliphatic heterocycles. The van der Waals surface area contributed by atoms with Gasteiger partial charge in [0.2, 0.25) is 0 Å². The fraction of sp³-hybridized carbons (Fsp3) is 0.600. The van der Waals surface area contributed by atoms with Crippen LogP contribution in [0.2, 0.25) is 0 Å². The summed E-state index contributed by atoms with van der Waals surface area (Å²) in [7, 11) is 3.28. The molecule has 1 rings (SSSR count). The van der Waals surface area contributed by atoms with Crippen LogP contribution in [0.15, 0.2) is 12.1 Å². The number of hydrogen-bond acceptors (Lipinski definition) is 4. The second-order valence-electron chi connectivity index (χ2n) is 4.81. The molecule has 0 saturated heterocycles. The summed E-state index contributed by atoms with van der Waals surface area (Å²) >= 11 is 0. The minimum absolute atomic E-state index is 0.303. The van der Waals surface area contributed by atoms with Crippen LogP contribution in [0.3, 0.4) is 0 Å². The molecule has 0 saturated carbocycles. The number of nitrogens with zero attached hydrogens (tertiary/aromatic N) is 1. The summed E-state index contributed by atoms with van der Waals surface area (Å²) in [6.07, 6.45) is -0.729. The molecule has 4 nitrogen and oxygen atoms in total. The van der Waals surface area contributed by atoms with E-state index < -0.39 is 6.10 Å². The average molecular weight is 285 g/mol. The van der Waals surface area contributed by atoms with E-state index >= 15 is 0 Å². The van der Waals surface area contributed by atoms with Gasteiger partial charge in [-0.15, -0.1) is 0 Å². The Balaban J connectivity index is 3.11. The monoisotopic (exact) mass is 285 g/mol. The van der Waals surface area contributed by atoms with E-state index in [1.54, 1.807) is 34.1 Å². The molecule has 0 aliphatic carbocycles. The van der Waals surface area contributed by atoms with Crippen molar-refractivity contribution in [2.45, 2.75) is 20.0 Å². The molecule has 0 radical (unpaired) electrons. The largest absolute Gasteiger partial charge is 0.389 e. The highest BCUT2D eigenvalue weighted by Crippen LogP contribution is 2.29. The van der Waals surface area contributed by atoms with Crippen molar-refractivity contribution in [2.75, 3.05) is 45.4 Å². The van der Waals surface area contributed by atoms with Crippen LogP contribution in [0, 0.1) is 12.7 Å². The maximum atomic E-state index is 13.7. The minimum Gasteiger partial charge on any atom is -0.389 e. The van der Waals surface area contributed by atoms with E-state index in [0.717, 1.165) is 5.69 Å². The molecular formula is C15H24FNO3. The number of hydrogen-bond donors (Lipinski definition) is 1. The van der Waals surface area contributed by atoms with E-state index in [9.17, 15) is 9.50 Å². The average Bonchev–Trinajstić information content (AvgIpc) is 2.41. The standard InChI is InChI=1S/C15H24FNO3/c1-11-9-15(13(12(2)18)10-14(11)16)17(5-7-19-3)6-8-20-4/h9-10,12,18H,5-8H2,1-4H3. The van der Waals surface area contributed by atoms with E-state index in [1.165, 1.54) is 6.07 Å². The predicted octanol–water partition coefficient (Wildman–Crippen LogP) is 2.29. The number of halogens is 1. The number of anilines is 1. The number of aliphatic hydroxyl groups is 1. The van der Waals surface area contributed by atoms with Crippen LogP contribution in [-0.4, -0.2) is 45.6 Å². The highest BCUT2D eigenvalue weighted by Gasteiger charge is 2.17. The molecule has 1 atom stereocenters. The lowest BCUT2D eigenvalue weighted by Gasteiger charge is -2.28. The van der Waals surface area contributed by atoms with Crippen molar-refractivity contribution in [2.24, 2.45) is 0 Å². The summed E-state index contributed by atoms with van der Waals surface area (Å²) in [5.74, 6) is -0.303. The highest BCUT2D eigenvalue weighted by molar-refractivity contribution is 5.56. The second kappa shape index (κ2) is 8.19. The Labute approximate surface area is 120 Å². The van der Waals surface area contributed by atoms with Gasteiger partial charge in [0.1, 0.15) is 5.82 Å². The Hall–Kier alpha value is -1.17. The first kappa shape index (κ1) is 16.9. The fourth-order valence-corrected chi connectivity index (χ4v) is 2.05. The van der Waals surface area contributed by atoms with Crippen LogP contribution < -0.4 is 4.90 Å². The summed E-state index contributed by atoms with van der Waals surface area (Å²) in [4.78, 5) is 2.04. The molecule has 0 fully saturated rings. The zero-order valence-corrected chi connectivity index (χ0v) is 12.6. The molecule has 1 unspecified atom stereocenters. The summed E-state index contributed by atoms with van der Waals surface area (Å²) < 4.78 is 23.9. The van der Waals surface area contributed by atoms with Crippen LogP contribution in [-0.2, 0) is 9.47 Å². The Kier molecular flexibility index (Phi) is 6.91. The van der Waals surface area contributed by atoms with E-state index in [1.807, 2.05) is 4.90 Å². The molecule has 0 aliphatic rings. The number of aryl methyl sites for hydroxylation is 1. The Bertz CT molecular complexity index is 416. The fourth-order valence-electron chi connectivity index (χ4n) is 2.05. The molecule has 0 heterocycles. The van der Waals surface area contributed by atoms with Crippen molar-refractivity contribution in [3.05, 3.63) is 29.1 Å². The smallest absolute Gasteiger partial charge is 0.126 e. The third-order valence-corrected chi connectivity index (χ3v) is 3.23. The van der Waals surface area contributed by atoms with Gasteiger partial charge in [0.05, 0.1) is 19.3 Å². The number of rotatable bonds is 8. The third kappa shape index (κ3) is 4.44. The van der Waals surface area contributed by atoms with Crippen molar-refractivity contribution < 1.29 is 19.0 Å². The predicted molar refractivity (Wildman–Crippen MR) is 77.7 cm³/mol. The van der Waals surface area contributed by atoms with Gasteiger partial charge in [0.25, 0.3) is 0 Å². The van der Waals surface area contributed by atoms with Gasteiger partial charge in [-0.05, 0) is 31.5 Å². The van der Waals surface area contributed by atoms with E-state index in [-0.39, 0.29) is 5.82 Å². The lowest BCUT2D eigenvalue weighted by molar-refractivity contribution is 0.187. The maximum Gasteiger partial charge on any atom is 0.126 e. The van der Waals surface area contributed by atoms with Crippen molar-refractivity contribution >= 4 is 5.69 Å². The van der Waals surface area contributed by atoms with Gasteiger partial charge < -0.3 is 19.5 Å². The van der Waals surface area contributed by atoms with Gasteiger partial charge in [-0.1, -0.05) is 0 Å². The first-order valence-corrected chi connectivity index (χ1v) is 6.72. The summed E-state index contributed by atoms with van der Waals surface area (Å²) in [6, 6.07) is 3.17. The normalized spacial score (nSPS) is 12.5.